The Kier molecular flexibility index (Phi) is 3.11. The Morgan fingerprint density at radius 2 is 2.00 bits per heavy atom. The van der Waals surface area contributed by atoms with Crippen molar-refractivity contribution in [2.75, 3.05) is 0 Å². The van der Waals surface area contributed by atoms with Crippen molar-refractivity contribution in [3.8, 4) is 0 Å². The van der Waals surface area contributed by atoms with E-state index in [9.17, 15) is 0 Å². The van der Waals surface area contributed by atoms with E-state index in [4.69, 9.17) is 5.90 Å². The zero-order chi connectivity index (χ0) is 8.81. The van der Waals surface area contributed by atoms with Crippen molar-refractivity contribution in [3.63, 3.8) is 0 Å². The van der Waals surface area contributed by atoms with E-state index in [1.54, 1.807) is 6.08 Å². The molecule has 0 fully saturated rings. The highest BCUT2D eigenvalue weighted by Gasteiger charge is 1.84. The van der Waals surface area contributed by atoms with Crippen LogP contribution < -0.4 is 5.90 Å². The molecule has 1 rings (SSSR count). The minimum atomic E-state index is 0.443. The van der Waals surface area contributed by atoms with Gasteiger partial charge in [-0.2, -0.15) is 5.90 Å². The fourth-order valence-corrected chi connectivity index (χ4v) is 0.793. The summed E-state index contributed by atoms with van der Waals surface area (Å²) in [4.78, 5) is 4.39. The molecular weight excluding hydrogens is 150 g/mol. The van der Waals surface area contributed by atoms with E-state index in [1.807, 2.05) is 36.4 Å². The van der Waals surface area contributed by atoms with Crippen molar-refractivity contribution in [3.05, 3.63) is 54.3 Å². The topological polar surface area (TPSA) is 35.2 Å². The SMILES string of the molecule is C=C(/C=C/c1ccccc1)ON. The van der Waals surface area contributed by atoms with Gasteiger partial charge in [-0.3, -0.25) is 0 Å². The molecule has 0 aliphatic rings. The molecule has 1 aromatic carbocycles. The van der Waals surface area contributed by atoms with Crippen LogP contribution in [-0.4, -0.2) is 0 Å². The molecule has 0 aromatic heterocycles. The second kappa shape index (κ2) is 4.36. The summed E-state index contributed by atoms with van der Waals surface area (Å²) in [5, 5.41) is 0. The zero-order valence-corrected chi connectivity index (χ0v) is 6.73. The number of allylic oxidation sites excluding steroid dienone is 1. The molecule has 0 spiro atoms. The molecule has 12 heavy (non-hydrogen) atoms. The van der Waals surface area contributed by atoms with Crippen LogP contribution >= 0.6 is 0 Å². The maximum atomic E-state index is 4.89. The molecule has 2 N–H and O–H groups in total. The Hall–Kier alpha value is -1.54. The maximum Gasteiger partial charge on any atom is 0.139 e. The van der Waals surface area contributed by atoms with Crippen LogP contribution in [-0.2, 0) is 4.84 Å². The Morgan fingerprint density at radius 3 is 2.58 bits per heavy atom. The van der Waals surface area contributed by atoms with Crippen molar-refractivity contribution in [2.24, 2.45) is 5.90 Å². The standard InChI is InChI=1S/C10H11NO/c1-9(12-11)7-8-10-5-3-2-4-6-10/h2-8H,1,11H2/b8-7+. The first-order valence-corrected chi connectivity index (χ1v) is 3.61. The first kappa shape index (κ1) is 8.56. The average molecular weight is 161 g/mol. The fourth-order valence-electron chi connectivity index (χ4n) is 0.793. The molecule has 0 heterocycles. The minimum Gasteiger partial charge on any atom is -0.412 e. The summed E-state index contributed by atoms with van der Waals surface area (Å²) in [6.45, 7) is 3.55. The number of nitrogens with two attached hydrogens (primary N) is 1. The number of benzene rings is 1. The second-order valence-electron chi connectivity index (χ2n) is 2.33. The third kappa shape index (κ3) is 2.60. The normalized spacial score (nSPS) is 10.1. The third-order valence-electron chi connectivity index (χ3n) is 1.41. The van der Waals surface area contributed by atoms with E-state index in [0.717, 1.165) is 5.56 Å². The summed E-state index contributed by atoms with van der Waals surface area (Å²) >= 11 is 0. The van der Waals surface area contributed by atoms with E-state index in [0.29, 0.717) is 5.76 Å². The highest BCUT2D eigenvalue weighted by Crippen LogP contribution is 2.03. The van der Waals surface area contributed by atoms with Crippen LogP contribution in [0.5, 0.6) is 0 Å². The number of rotatable bonds is 3. The lowest BCUT2D eigenvalue weighted by atomic mass is 10.2. The van der Waals surface area contributed by atoms with Gasteiger partial charge in [0.05, 0.1) is 0 Å². The van der Waals surface area contributed by atoms with Gasteiger partial charge < -0.3 is 4.84 Å². The predicted octanol–water partition coefficient (Wildman–Crippen LogP) is 2.10. The van der Waals surface area contributed by atoms with Crippen molar-refractivity contribution < 1.29 is 4.84 Å². The quantitative estimate of drug-likeness (QED) is 0.418. The van der Waals surface area contributed by atoms with Gasteiger partial charge in [-0.15, -0.1) is 0 Å². The van der Waals surface area contributed by atoms with Gasteiger partial charge in [0.15, 0.2) is 0 Å². The van der Waals surface area contributed by atoms with Gasteiger partial charge in [0, 0.05) is 0 Å². The second-order valence-corrected chi connectivity index (χ2v) is 2.33. The lowest BCUT2D eigenvalue weighted by Crippen LogP contribution is -1.94. The van der Waals surface area contributed by atoms with Crippen molar-refractivity contribution in [2.45, 2.75) is 0 Å². The van der Waals surface area contributed by atoms with Crippen LogP contribution in [0.4, 0.5) is 0 Å². The Bertz CT molecular complexity index is 277. The molecule has 0 saturated heterocycles. The molecular formula is C10H11NO. The molecule has 2 heteroatoms. The largest absolute Gasteiger partial charge is 0.412 e. The zero-order valence-electron chi connectivity index (χ0n) is 6.73. The third-order valence-corrected chi connectivity index (χ3v) is 1.41. The Labute approximate surface area is 71.9 Å². The highest BCUT2D eigenvalue weighted by molar-refractivity contribution is 5.51. The summed E-state index contributed by atoms with van der Waals surface area (Å²) in [7, 11) is 0. The van der Waals surface area contributed by atoms with E-state index in [1.165, 1.54) is 0 Å². The van der Waals surface area contributed by atoms with Crippen LogP contribution in [0.25, 0.3) is 6.08 Å². The molecule has 2 nitrogen and oxygen atoms in total. The molecule has 0 unspecified atom stereocenters. The van der Waals surface area contributed by atoms with Crippen LogP contribution in [0, 0.1) is 0 Å². The Balaban J connectivity index is 2.64. The molecule has 0 bridgehead atoms. The van der Waals surface area contributed by atoms with Gasteiger partial charge in [-0.25, -0.2) is 0 Å². The minimum absolute atomic E-state index is 0.443. The summed E-state index contributed by atoms with van der Waals surface area (Å²) in [6.07, 6.45) is 3.60. The van der Waals surface area contributed by atoms with Gasteiger partial charge in [0.25, 0.3) is 0 Å². The van der Waals surface area contributed by atoms with Crippen molar-refractivity contribution in [1.29, 1.82) is 0 Å². The van der Waals surface area contributed by atoms with Gasteiger partial charge in [-0.05, 0) is 11.6 Å². The van der Waals surface area contributed by atoms with Crippen molar-refractivity contribution in [1.82, 2.24) is 0 Å². The summed E-state index contributed by atoms with van der Waals surface area (Å²) in [6, 6.07) is 9.86. The predicted molar refractivity (Wildman–Crippen MR) is 49.9 cm³/mol. The summed E-state index contributed by atoms with van der Waals surface area (Å²) < 4.78 is 0. The van der Waals surface area contributed by atoms with Gasteiger partial charge in [0.2, 0.25) is 0 Å². The fraction of sp³-hybridized carbons (Fsp3) is 0. The molecule has 0 atom stereocenters. The van der Waals surface area contributed by atoms with Crippen LogP contribution in [0.2, 0.25) is 0 Å². The Morgan fingerprint density at radius 1 is 1.33 bits per heavy atom. The molecule has 0 aliphatic carbocycles. The van der Waals surface area contributed by atoms with Crippen LogP contribution in [0.1, 0.15) is 5.56 Å². The monoisotopic (exact) mass is 161 g/mol. The summed E-state index contributed by atoms with van der Waals surface area (Å²) in [5.41, 5.74) is 1.09. The average Bonchev–Trinajstić information content (AvgIpc) is 2.16. The van der Waals surface area contributed by atoms with Gasteiger partial charge in [0.1, 0.15) is 5.76 Å². The van der Waals surface area contributed by atoms with E-state index >= 15 is 0 Å². The molecule has 0 aliphatic heterocycles. The smallest absolute Gasteiger partial charge is 0.139 e. The molecule has 0 saturated carbocycles. The maximum absolute atomic E-state index is 4.89. The molecule has 62 valence electrons. The lowest BCUT2D eigenvalue weighted by molar-refractivity contribution is 0.236. The lowest BCUT2D eigenvalue weighted by Gasteiger charge is -1.94. The highest BCUT2D eigenvalue weighted by atomic mass is 16.6. The van der Waals surface area contributed by atoms with E-state index < -0.39 is 0 Å². The number of hydrogen-bond acceptors (Lipinski definition) is 2. The van der Waals surface area contributed by atoms with Crippen LogP contribution in [0.3, 0.4) is 0 Å². The molecule has 0 amide bonds. The van der Waals surface area contributed by atoms with Crippen molar-refractivity contribution >= 4 is 6.08 Å². The first-order chi connectivity index (χ1) is 5.83. The van der Waals surface area contributed by atoms with E-state index in [-0.39, 0.29) is 0 Å². The summed E-state index contributed by atoms with van der Waals surface area (Å²) in [5.74, 6) is 5.33. The van der Waals surface area contributed by atoms with Gasteiger partial charge in [-0.1, -0.05) is 43.0 Å². The molecule has 0 radical (unpaired) electrons. The van der Waals surface area contributed by atoms with Gasteiger partial charge >= 0.3 is 0 Å². The van der Waals surface area contributed by atoms with E-state index in [2.05, 4.69) is 11.4 Å². The van der Waals surface area contributed by atoms with Crippen LogP contribution in [0.15, 0.2) is 48.7 Å². The molecule has 1 aromatic rings. The number of hydrogen-bond donors (Lipinski definition) is 1. The first-order valence-electron chi connectivity index (χ1n) is 3.61.